The number of carboxylic acids is 1. The van der Waals surface area contributed by atoms with E-state index in [-0.39, 0.29) is 17.4 Å². The number of carbonyl (C=O) groups is 2. The van der Waals surface area contributed by atoms with E-state index in [2.05, 4.69) is 10.2 Å². The predicted octanol–water partition coefficient (Wildman–Crippen LogP) is 2.94. The zero-order chi connectivity index (χ0) is 19.9. The molecule has 3 rings (SSSR count). The SMILES string of the molecule is O=C(O)c1ccc(CNC(=O)N2CCCN(Cc3ccc(F)cc3)CC2)cc1. The van der Waals surface area contributed by atoms with Gasteiger partial charge in [0, 0.05) is 39.3 Å². The van der Waals surface area contributed by atoms with E-state index in [0.717, 1.165) is 37.2 Å². The van der Waals surface area contributed by atoms with Crippen LogP contribution in [0.25, 0.3) is 0 Å². The number of hydrogen-bond acceptors (Lipinski definition) is 3. The van der Waals surface area contributed by atoms with Gasteiger partial charge in [-0.05, 0) is 41.8 Å². The van der Waals surface area contributed by atoms with Gasteiger partial charge in [0.2, 0.25) is 0 Å². The van der Waals surface area contributed by atoms with Crippen LogP contribution in [0.2, 0.25) is 0 Å². The fourth-order valence-electron chi connectivity index (χ4n) is 3.23. The summed E-state index contributed by atoms with van der Waals surface area (Å²) in [5.74, 6) is -1.20. The summed E-state index contributed by atoms with van der Waals surface area (Å²) in [4.78, 5) is 27.4. The highest BCUT2D eigenvalue weighted by Gasteiger charge is 2.19. The number of nitrogens with zero attached hydrogens (tertiary/aromatic N) is 2. The van der Waals surface area contributed by atoms with Crippen LogP contribution in [0, 0.1) is 5.82 Å². The maximum Gasteiger partial charge on any atom is 0.335 e. The van der Waals surface area contributed by atoms with E-state index in [4.69, 9.17) is 5.11 Å². The zero-order valence-electron chi connectivity index (χ0n) is 15.6. The number of halogens is 1. The summed E-state index contributed by atoms with van der Waals surface area (Å²) in [5.41, 5.74) is 2.14. The van der Waals surface area contributed by atoms with Gasteiger partial charge in [-0.15, -0.1) is 0 Å². The Balaban J connectivity index is 1.47. The molecule has 1 aliphatic heterocycles. The van der Waals surface area contributed by atoms with Gasteiger partial charge < -0.3 is 15.3 Å². The van der Waals surface area contributed by atoms with Crippen LogP contribution in [0.15, 0.2) is 48.5 Å². The monoisotopic (exact) mass is 385 g/mol. The molecule has 0 bridgehead atoms. The van der Waals surface area contributed by atoms with Crippen LogP contribution in [0.1, 0.15) is 27.9 Å². The molecular formula is C21H24FN3O3. The summed E-state index contributed by atoms with van der Waals surface area (Å²) >= 11 is 0. The van der Waals surface area contributed by atoms with Gasteiger partial charge in [-0.2, -0.15) is 0 Å². The Kier molecular flexibility index (Phi) is 6.60. The van der Waals surface area contributed by atoms with Crippen molar-refractivity contribution in [1.29, 1.82) is 0 Å². The average Bonchev–Trinajstić information content (AvgIpc) is 2.94. The van der Waals surface area contributed by atoms with Crippen LogP contribution in [0.5, 0.6) is 0 Å². The van der Waals surface area contributed by atoms with Crippen LogP contribution < -0.4 is 5.32 Å². The molecule has 28 heavy (non-hydrogen) atoms. The van der Waals surface area contributed by atoms with Crippen molar-refractivity contribution in [3.8, 4) is 0 Å². The molecule has 0 spiro atoms. The molecule has 0 unspecified atom stereocenters. The molecule has 0 aliphatic carbocycles. The van der Waals surface area contributed by atoms with E-state index in [1.54, 1.807) is 29.2 Å². The van der Waals surface area contributed by atoms with Gasteiger partial charge in [-0.25, -0.2) is 14.0 Å². The molecule has 0 saturated carbocycles. The maximum atomic E-state index is 13.0. The summed E-state index contributed by atoms with van der Waals surface area (Å²) in [6.45, 7) is 4.06. The summed E-state index contributed by atoms with van der Waals surface area (Å²) in [6, 6.07) is 12.9. The van der Waals surface area contributed by atoms with Gasteiger partial charge >= 0.3 is 12.0 Å². The number of amides is 2. The molecule has 1 heterocycles. The molecule has 0 atom stereocenters. The quantitative estimate of drug-likeness (QED) is 0.830. The first-order valence-electron chi connectivity index (χ1n) is 9.33. The highest BCUT2D eigenvalue weighted by atomic mass is 19.1. The minimum atomic E-state index is -0.967. The van der Waals surface area contributed by atoms with Crippen molar-refractivity contribution < 1.29 is 19.1 Å². The lowest BCUT2D eigenvalue weighted by atomic mass is 10.1. The van der Waals surface area contributed by atoms with Crippen molar-refractivity contribution in [3.63, 3.8) is 0 Å². The highest BCUT2D eigenvalue weighted by molar-refractivity contribution is 5.87. The summed E-state index contributed by atoms with van der Waals surface area (Å²) < 4.78 is 13.0. The van der Waals surface area contributed by atoms with E-state index in [1.165, 1.54) is 24.3 Å². The van der Waals surface area contributed by atoms with Gasteiger partial charge in [-0.1, -0.05) is 24.3 Å². The lowest BCUT2D eigenvalue weighted by Crippen LogP contribution is -2.41. The number of hydrogen-bond donors (Lipinski definition) is 2. The Bertz CT molecular complexity index is 809. The molecular weight excluding hydrogens is 361 g/mol. The minimum absolute atomic E-state index is 0.119. The first kappa shape index (κ1) is 19.8. The number of rotatable bonds is 5. The molecule has 148 valence electrons. The summed E-state index contributed by atoms with van der Waals surface area (Å²) in [5, 5.41) is 11.8. The van der Waals surface area contributed by atoms with Crippen LogP contribution in [-0.4, -0.2) is 53.1 Å². The van der Waals surface area contributed by atoms with E-state index in [9.17, 15) is 14.0 Å². The second-order valence-corrected chi connectivity index (χ2v) is 6.90. The Morgan fingerprint density at radius 3 is 2.29 bits per heavy atom. The Labute approximate surface area is 163 Å². The molecule has 1 fully saturated rings. The largest absolute Gasteiger partial charge is 0.478 e. The fraction of sp³-hybridized carbons (Fsp3) is 0.333. The topological polar surface area (TPSA) is 72.9 Å². The number of nitrogens with one attached hydrogen (secondary N) is 1. The van der Waals surface area contributed by atoms with E-state index < -0.39 is 5.97 Å². The molecule has 2 aromatic rings. The normalized spacial score (nSPS) is 15.1. The summed E-state index contributed by atoms with van der Waals surface area (Å²) in [7, 11) is 0. The van der Waals surface area contributed by atoms with Crippen LogP contribution in [0.4, 0.5) is 9.18 Å². The molecule has 2 N–H and O–H groups in total. The smallest absolute Gasteiger partial charge is 0.335 e. The fourth-order valence-corrected chi connectivity index (χ4v) is 3.23. The first-order valence-corrected chi connectivity index (χ1v) is 9.33. The second-order valence-electron chi connectivity index (χ2n) is 6.90. The molecule has 6 nitrogen and oxygen atoms in total. The van der Waals surface area contributed by atoms with Gasteiger partial charge in [-0.3, -0.25) is 4.90 Å². The Morgan fingerprint density at radius 2 is 1.61 bits per heavy atom. The first-order chi connectivity index (χ1) is 13.5. The van der Waals surface area contributed by atoms with E-state index >= 15 is 0 Å². The number of carbonyl (C=O) groups excluding carboxylic acids is 1. The number of carboxylic acid groups (broad SMARTS) is 1. The maximum absolute atomic E-state index is 13.0. The van der Waals surface area contributed by atoms with Gasteiger partial charge in [0.1, 0.15) is 5.82 Å². The average molecular weight is 385 g/mol. The van der Waals surface area contributed by atoms with Gasteiger partial charge in [0.05, 0.1) is 5.56 Å². The van der Waals surface area contributed by atoms with E-state index in [1.807, 2.05) is 0 Å². The lowest BCUT2D eigenvalue weighted by Gasteiger charge is -2.22. The predicted molar refractivity (Wildman–Crippen MR) is 104 cm³/mol. The third kappa shape index (κ3) is 5.53. The summed E-state index contributed by atoms with van der Waals surface area (Å²) in [6.07, 6.45) is 0.877. The molecule has 2 aromatic carbocycles. The van der Waals surface area contributed by atoms with Crippen molar-refractivity contribution in [2.45, 2.75) is 19.5 Å². The standard InChI is InChI=1S/C21H24FN3O3/c22-19-8-4-17(5-9-19)15-24-10-1-11-25(13-12-24)21(28)23-14-16-2-6-18(7-3-16)20(26)27/h2-9H,1,10-15H2,(H,23,28)(H,26,27). The molecule has 2 amide bonds. The van der Waals surface area contributed by atoms with Crippen molar-refractivity contribution >= 4 is 12.0 Å². The van der Waals surface area contributed by atoms with Gasteiger partial charge in [0.25, 0.3) is 0 Å². The van der Waals surface area contributed by atoms with Crippen LogP contribution in [0.3, 0.4) is 0 Å². The van der Waals surface area contributed by atoms with E-state index in [0.29, 0.717) is 19.6 Å². The van der Waals surface area contributed by atoms with Crippen molar-refractivity contribution in [3.05, 3.63) is 71.0 Å². The molecule has 0 aromatic heterocycles. The lowest BCUT2D eigenvalue weighted by molar-refractivity contribution is 0.0697. The second kappa shape index (κ2) is 9.32. The van der Waals surface area contributed by atoms with Crippen molar-refractivity contribution in [2.24, 2.45) is 0 Å². The highest BCUT2D eigenvalue weighted by Crippen LogP contribution is 2.11. The Hall–Kier alpha value is -2.93. The molecule has 7 heteroatoms. The van der Waals surface area contributed by atoms with Crippen LogP contribution in [-0.2, 0) is 13.1 Å². The number of benzene rings is 2. The van der Waals surface area contributed by atoms with Crippen molar-refractivity contribution in [2.75, 3.05) is 26.2 Å². The Morgan fingerprint density at radius 1 is 0.929 bits per heavy atom. The van der Waals surface area contributed by atoms with Gasteiger partial charge in [0.15, 0.2) is 0 Å². The third-order valence-electron chi connectivity index (χ3n) is 4.84. The zero-order valence-corrected chi connectivity index (χ0v) is 15.6. The van der Waals surface area contributed by atoms with Crippen molar-refractivity contribution in [1.82, 2.24) is 15.1 Å². The van der Waals surface area contributed by atoms with Crippen LogP contribution >= 0.6 is 0 Å². The number of aromatic carboxylic acids is 1. The molecule has 0 radical (unpaired) electrons. The number of urea groups is 1. The minimum Gasteiger partial charge on any atom is -0.478 e. The third-order valence-corrected chi connectivity index (χ3v) is 4.84. The molecule has 1 saturated heterocycles. The molecule has 1 aliphatic rings.